The number of nitrogens with one attached hydrogen (secondary N) is 2. The summed E-state index contributed by atoms with van der Waals surface area (Å²) < 4.78 is 0. The topological polar surface area (TPSA) is 94.6 Å². The highest BCUT2D eigenvalue weighted by atomic mass is 16.4. The Labute approximate surface area is 177 Å². The number of hydrogen-bond acceptors (Lipinski definition) is 5. The van der Waals surface area contributed by atoms with E-state index in [1.165, 1.54) is 5.56 Å². The van der Waals surface area contributed by atoms with Gasteiger partial charge in [0.25, 0.3) is 0 Å². The van der Waals surface area contributed by atoms with Crippen LogP contribution in [0.1, 0.15) is 30.4 Å². The van der Waals surface area contributed by atoms with Gasteiger partial charge < -0.3 is 20.6 Å². The zero-order valence-corrected chi connectivity index (χ0v) is 17.2. The van der Waals surface area contributed by atoms with Crippen LogP contribution in [-0.2, 0) is 22.4 Å². The van der Waals surface area contributed by atoms with E-state index < -0.39 is 5.97 Å². The van der Waals surface area contributed by atoms with Crippen LogP contribution in [0.3, 0.4) is 0 Å². The van der Waals surface area contributed by atoms with Gasteiger partial charge in [0.1, 0.15) is 5.82 Å². The second kappa shape index (κ2) is 11.3. The van der Waals surface area contributed by atoms with E-state index in [-0.39, 0.29) is 24.9 Å². The van der Waals surface area contributed by atoms with Gasteiger partial charge in [0.05, 0.1) is 13.0 Å². The fraction of sp³-hybridized carbons (Fsp3) is 0.435. The molecule has 1 aromatic heterocycles. The van der Waals surface area contributed by atoms with Crippen molar-refractivity contribution in [1.82, 2.24) is 15.2 Å². The van der Waals surface area contributed by atoms with Crippen molar-refractivity contribution < 1.29 is 14.7 Å². The normalized spacial score (nSPS) is 15.9. The third-order valence-electron chi connectivity index (χ3n) is 5.39. The summed E-state index contributed by atoms with van der Waals surface area (Å²) in [6.07, 6.45) is 4.99. The molecule has 1 atom stereocenters. The molecule has 1 unspecified atom stereocenters. The zero-order chi connectivity index (χ0) is 21.2. The minimum absolute atomic E-state index is 0.0272. The largest absolute Gasteiger partial charge is 0.481 e. The van der Waals surface area contributed by atoms with E-state index in [4.69, 9.17) is 0 Å². The summed E-state index contributed by atoms with van der Waals surface area (Å²) in [6, 6.07) is 13.5. The number of rotatable bonds is 10. The zero-order valence-electron chi connectivity index (χ0n) is 17.2. The van der Waals surface area contributed by atoms with Crippen molar-refractivity contribution in [3.63, 3.8) is 0 Å². The molecule has 30 heavy (non-hydrogen) atoms. The molecule has 7 nitrogen and oxygen atoms in total. The number of aromatic nitrogens is 1. The van der Waals surface area contributed by atoms with Gasteiger partial charge in [0.15, 0.2) is 0 Å². The van der Waals surface area contributed by atoms with Crippen LogP contribution in [0, 0.1) is 0 Å². The summed E-state index contributed by atoms with van der Waals surface area (Å²) in [5.41, 5.74) is 2.35. The van der Waals surface area contributed by atoms with Crippen molar-refractivity contribution in [3.05, 3.63) is 59.8 Å². The lowest BCUT2D eigenvalue weighted by molar-refractivity contribution is -0.140. The van der Waals surface area contributed by atoms with E-state index in [0.29, 0.717) is 13.0 Å². The predicted molar refractivity (Wildman–Crippen MR) is 116 cm³/mol. The Morgan fingerprint density at radius 3 is 2.60 bits per heavy atom. The number of anilines is 1. The molecule has 0 saturated carbocycles. The molecule has 0 radical (unpaired) electrons. The molecule has 1 aliphatic heterocycles. The monoisotopic (exact) mass is 410 g/mol. The van der Waals surface area contributed by atoms with E-state index in [0.717, 1.165) is 43.7 Å². The van der Waals surface area contributed by atoms with Gasteiger partial charge in [-0.3, -0.25) is 9.59 Å². The lowest BCUT2D eigenvalue weighted by Crippen LogP contribution is -2.46. The molecule has 1 amide bonds. The van der Waals surface area contributed by atoms with E-state index >= 15 is 0 Å². The molecular weight excluding hydrogens is 380 g/mol. The predicted octanol–water partition coefficient (Wildman–Crippen LogP) is 2.33. The molecule has 3 N–H and O–H groups in total. The standard InChI is InChI=1S/C23H30N4O3/c28-22(17-24-11-5-6-13-26-21-9-3-4-12-25-21)27-14-10-18-7-1-2-8-19(18)15-20(27)16-23(29)30/h1-4,7-9,12,20,24H,5-6,10-11,13-17H2,(H,25,26)(H,29,30). The molecule has 0 fully saturated rings. The number of aliphatic carboxylic acids is 1. The van der Waals surface area contributed by atoms with Crippen molar-refractivity contribution in [2.75, 3.05) is 31.5 Å². The summed E-state index contributed by atoms with van der Waals surface area (Å²) in [6.45, 7) is 2.37. The first kappa shape index (κ1) is 21.8. The lowest BCUT2D eigenvalue weighted by Gasteiger charge is -2.29. The van der Waals surface area contributed by atoms with Crippen molar-refractivity contribution in [2.45, 2.75) is 38.1 Å². The number of hydrogen-bond donors (Lipinski definition) is 3. The van der Waals surface area contributed by atoms with Crippen LogP contribution in [0.15, 0.2) is 48.7 Å². The van der Waals surface area contributed by atoms with Crippen LogP contribution < -0.4 is 10.6 Å². The van der Waals surface area contributed by atoms with Crippen LogP contribution in [0.5, 0.6) is 0 Å². The molecular formula is C23H30N4O3. The van der Waals surface area contributed by atoms with Crippen LogP contribution in [-0.4, -0.2) is 59.1 Å². The van der Waals surface area contributed by atoms with E-state index in [9.17, 15) is 14.7 Å². The van der Waals surface area contributed by atoms with Gasteiger partial charge in [-0.15, -0.1) is 0 Å². The summed E-state index contributed by atoms with van der Waals surface area (Å²) in [7, 11) is 0. The van der Waals surface area contributed by atoms with Gasteiger partial charge in [-0.2, -0.15) is 0 Å². The fourth-order valence-electron chi connectivity index (χ4n) is 3.86. The number of pyridine rings is 1. The first-order valence-electron chi connectivity index (χ1n) is 10.6. The van der Waals surface area contributed by atoms with Gasteiger partial charge >= 0.3 is 5.97 Å². The van der Waals surface area contributed by atoms with E-state index in [1.54, 1.807) is 11.1 Å². The molecule has 0 saturated heterocycles. The molecule has 0 aliphatic carbocycles. The highest BCUT2D eigenvalue weighted by molar-refractivity contribution is 5.79. The number of carbonyl (C=O) groups excluding carboxylic acids is 1. The van der Waals surface area contributed by atoms with Gasteiger partial charge in [-0.1, -0.05) is 30.3 Å². The Bertz CT molecular complexity index is 828. The molecule has 7 heteroatoms. The SMILES string of the molecule is O=C(O)CC1Cc2ccccc2CCN1C(=O)CNCCCCNc1ccccn1. The van der Waals surface area contributed by atoms with Crippen molar-refractivity contribution >= 4 is 17.7 Å². The van der Waals surface area contributed by atoms with Crippen molar-refractivity contribution in [2.24, 2.45) is 0 Å². The third kappa shape index (κ3) is 6.56. The Morgan fingerprint density at radius 2 is 1.83 bits per heavy atom. The lowest BCUT2D eigenvalue weighted by atomic mass is 9.99. The van der Waals surface area contributed by atoms with E-state index in [2.05, 4.69) is 21.7 Å². The molecule has 2 aromatic rings. The Balaban J connectivity index is 1.42. The van der Waals surface area contributed by atoms with Crippen LogP contribution in [0.25, 0.3) is 0 Å². The van der Waals surface area contributed by atoms with Crippen molar-refractivity contribution in [3.8, 4) is 0 Å². The number of carbonyl (C=O) groups is 2. The van der Waals surface area contributed by atoms with Crippen molar-refractivity contribution in [1.29, 1.82) is 0 Å². The Hall–Kier alpha value is -2.93. The number of nitrogens with zero attached hydrogens (tertiary/aromatic N) is 2. The van der Waals surface area contributed by atoms with Gasteiger partial charge in [-0.05, 0) is 55.5 Å². The summed E-state index contributed by atoms with van der Waals surface area (Å²) in [5, 5.41) is 15.8. The minimum atomic E-state index is -0.870. The number of benzene rings is 1. The van der Waals surface area contributed by atoms with Gasteiger partial charge in [0, 0.05) is 25.3 Å². The van der Waals surface area contributed by atoms with E-state index in [1.807, 2.05) is 36.4 Å². The summed E-state index contributed by atoms with van der Waals surface area (Å²) in [4.78, 5) is 30.1. The number of carboxylic acids is 1. The first-order valence-corrected chi connectivity index (χ1v) is 10.6. The average Bonchev–Trinajstić information content (AvgIpc) is 2.92. The highest BCUT2D eigenvalue weighted by Crippen LogP contribution is 2.21. The van der Waals surface area contributed by atoms with Crippen LogP contribution >= 0.6 is 0 Å². The summed E-state index contributed by atoms with van der Waals surface area (Å²) >= 11 is 0. The maximum atomic E-state index is 12.8. The quantitative estimate of drug-likeness (QED) is 0.521. The molecule has 160 valence electrons. The molecule has 1 aliphatic rings. The molecule has 0 spiro atoms. The summed E-state index contributed by atoms with van der Waals surface area (Å²) in [5.74, 6) is -0.0292. The Morgan fingerprint density at radius 1 is 1.07 bits per heavy atom. The van der Waals surface area contributed by atoms with Crippen LogP contribution in [0.2, 0.25) is 0 Å². The molecule has 3 rings (SSSR count). The average molecular weight is 411 g/mol. The molecule has 1 aromatic carbocycles. The highest BCUT2D eigenvalue weighted by Gasteiger charge is 2.28. The number of unbranched alkanes of at least 4 members (excludes halogenated alkanes) is 1. The third-order valence-corrected chi connectivity index (χ3v) is 5.39. The second-order valence-corrected chi connectivity index (χ2v) is 7.59. The molecule has 2 heterocycles. The smallest absolute Gasteiger partial charge is 0.305 e. The maximum absolute atomic E-state index is 12.8. The Kier molecular flexibility index (Phi) is 8.20. The maximum Gasteiger partial charge on any atom is 0.305 e. The van der Waals surface area contributed by atoms with Gasteiger partial charge in [-0.25, -0.2) is 4.98 Å². The number of amides is 1. The van der Waals surface area contributed by atoms with Gasteiger partial charge in [0.2, 0.25) is 5.91 Å². The minimum Gasteiger partial charge on any atom is -0.481 e. The first-order chi connectivity index (χ1) is 14.6. The number of fused-ring (bicyclic) bond motifs is 1. The fourth-order valence-corrected chi connectivity index (χ4v) is 3.86. The number of carboxylic acid groups (broad SMARTS) is 1. The second-order valence-electron chi connectivity index (χ2n) is 7.59. The molecule has 0 bridgehead atoms. The van der Waals surface area contributed by atoms with Crippen LogP contribution in [0.4, 0.5) is 5.82 Å².